The number of benzene rings is 1. The fourth-order valence-corrected chi connectivity index (χ4v) is 4.15. The van der Waals surface area contributed by atoms with E-state index >= 15 is 0 Å². The maximum atomic E-state index is 12.6. The first-order chi connectivity index (χ1) is 13.8. The van der Waals surface area contributed by atoms with Gasteiger partial charge in [-0.1, -0.05) is 59.7 Å². The van der Waals surface area contributed by atoms with E-state index in [4.69, 9.17) is 4.74 Å². The van der Waals surface area contributed by atoms with E-state index in [9.17, 15) is 9.59 Å². The average Bonchev–Trinajstić information content (AvgIpc) is 2.62. The Hall–Kier alpha value is -1.68. The molecule has 0 saturated carbocycles. The van der Waals surface area contributed by atoms with Gasteiger partial charge in [-0.3, -0.25) is 9.59 Å². The van der Waals surface area contributed by atoms with Gasteiger partial charge in [-0.25, -0.2) is 0 Å². The maximum absolute atomic E-state index is 12.6. The number of ketones is 1. The standard InChI is InChI=1S/C26H41NO3/c1-9-30-24(29)17-23(28)19-10-11-27(8)22(15-19)14-18-12-20(25(2,3)4)16-21(13-18)26(5,6)7/h12-13,16,19,22H,9-11,14-15,17H2,1-8H3/t19-,22+/m0/s1. The van der Waals surface area contributed by atoms with Gasteiger partial charge in [0.2, 0.25) is 0 Å². The predicted molar refractivity (Wildman–Crippen MR) is 123 cm³/mol. The molecule has 0 N–H and O–H groups in total. The lowest BCUT2D eigenvalue weighted by atomic mass is 9.78. The number of hydrogen-bond donors (Lipinski definition) is 0. The van der Waals surface area contributed by atoms with Crippen LogP contribution in [0.25, 0.3) is 0 Å². The normalized spacial score (nSPS) is 20.8. The van der Waals surface area contributed by atoms with Crippen molar-refractivity contribution in [3.05, 3.63) is 34.9 Å². The highest BCUT2D eigenvalue weighted by molar-refractivity contribution is 5.96. The lowest BCUT2D eigenvalue weighted by Gasteiger charge is -2.37. The zero-order chi connectivity index (χ0) is 22.7. The van der Waals surface area contributed by atoms with Gasteiger partial charge in [-0.15, -0.1) is 0 Å². The molecule has 1 aliphatic rings. The van der Waals surface area contributed by atoms with Crippen LogP contribution in [0.3, 0.4) is 0 Å². The fraction of sp³-hybridized carbons (Fsp3) is 0.692. The third kappa shape index (κ3) is 6.66. The third-order valence-corrected chi connectivity index (χ3v) is 6.29. The summed E-state index contributed by atoms with van der Waals surface area (Å²) in [5, 5.41) is 0. The van der Waals surface area contributed by atoms with Crippen molar-refractivity contribution in [2.45, 2.75) is 91.0 Å². The van der Waals surface area contributed by atoms with Crippen molar-refractivity contribution in [2.24, 2.45) is 5.92 Å². The van der Waals surface area contributed by atoms with Gasteiger partial charge >= 0.3 is 5.97 Å². The number of rotatable bonds is 6. The van der Waals surface area contributed by atoms with Crippen molar-refractivity contribution in [2.75, 3.05) is 20.2 Å². The van der Waals surface area contributed by atoms with Crippen molar-refractivity contribution >= 4 is 11.8 Å². The highest BCUT2D eigenvalue weighted by atomic mass is 16.5. The lowest BCUT2D eigenvalue weighted by molar-refractivity contribution is -0.146. The lowest BCUT2D eigenvalue weighted by Crippen LogP contribution is -2.43. The number of esters is 1. The van der Waals surface area contributed by atoms with Gasteiger partial charge < -0.3 is 9.64 Å². The molecule has 168 valence electrons. The van der Waals surface area contributed by atoms with Gasteiger partial charge in [0.15, 0.2) is 0 Å². The van der Waals surface area contributed by atoms with Gasteiger partial charge in [-0.2, -0.15) is 0 Å². The molecule has 0 bridgehead atoms. The van der Waals surface area contributed by atoms with Crippen LogP contribution >= 0.6 is 0 Å². The second-order valence-corrected chi connectivity index (χ2v) is 10.9. The molecular weight excluding hydrogens is 374 g/mol. The summed E-state index contributed by atoms with van der Waals surface area (Å²) in [6, 6.07) is 7.33. The number of carbonyl (C=O) groups excluding carboxylic acids is 2. The van der Waals surface area contributed by atoms with E-state index in [1.807, 2.05) is 0 Å². The van der Waals surface area contributed by atoms with Crippen LogP contribution < -0.4 is 0 Å². The summed E-state index contributed by atoms with van der Waals surface area (Å²) in [7, 11) is 2.15. The van der Waals surface area contributed by atoms with Crippen LogP contribution in [-0.4, -0.2) is 42.9 Å². The Kier molecular flexibility index (Phi) is 7.90. The van der Waals surface area contributed by atoms with E-state index < -0.39 is 5.97 Å². The maximum Gasteiger partial charge on any atom is 0.313 e. The summed E-state index contributed by atoms with van der Waals surface area (Å²) in [5.41, 5.74) is 4.23. The van der Waals surface area contributed by atoms with E-state index in [-0.39, 0.29) is 29.0 Å². The summed E-state index contributed by atoms with van der Waals surface area (Å²) in [5.74, 6) is -0.417. The molecule has 4 nitrogen and oxygen atoms in total. The van der Waals surface area contributed by atoms with Crippen LogP contribution in [0, 0.1) is 5.92 Å². The van der Waals surface area contributed by atoms with Gasteiger partial charge in [0.1, 0.15) is 12.2 Å². The number of nitrogens with zero attached hydrogens (tertiary/aromatic N) is 1. The van der Waals surface area contributed by atoms with Crippen LogP contribution in [0.2, 0.25) is 0 Å². The Morgan fingerprint density at radius 3 is 2.10 bits per heavy atom. The molecular formula is C26H41NO3. The molecule has 0 unspecified atom stereocenters. The van der Waals surface area contributed by atoms with Gasteiger partial charge in [-0.05, 0) is 67.3 Å². The second-order valence-electron chi connectivity index (χ2n) is 10.9. The van der Waals surface area contributed by atoms with E-state index in [0.717, 1.165) is 25.8 Å². The largest absolute Gasteiger partial charge is 0.466 e. The molecule has 1 fully saturated rings. The minimum atomic E-state index is -0.398. The summed E-state index contributed by atoms with van der Waals surface area (Å²) in [6.45, 7) is 16.5. The molecule has 1 heterocycles. The molecule has 4 heteroatoms. The number of carbonyl (C=O) groups is 2. The quantitative estimate of drug-likeness (QED) is 0.481. The zero-order valence-electron chi connectivity index (χ0n) is 20.3. The number of hydrogen-bond acceptors (Lipinski definition) is 4. The molecule has 30 heavy (non-hydrogen) atoms. The molecule has 0 amide bonds. The number of Topliss-reactive ketones (excluding diaryl/α,β-unsaturated/α-hetero) is 1. The molecule has 0 aliphatic carbocycles. The zero-order valence-corrected chi connectivity index (χ0v) is 20.3. The predicted octanol–water partition coefficient (Wildman–Crippen LogP) is 5.06. The van der Waals surface area contributed by atoms with Crippen LogP contribution in [0.5, 0.6) is 0 Å². The average molecular weight is 416 g/mol. The number of piperidine rings is 1. The Balaban J connectivity index is 2.21. The van der Waals surface area contributed by atoms with Crippen molar-refractivity contribution in [1.82, 2.24) is 4.90 Å². The minimum absolute atomic E-state index is 0.0328. The van der Waals surface area contributed by atoms with Crippen molar-refractivity contribution in [3.63, 3.8) is 0 Å². The Morgan fingerprint density at radius 2 is 1.60 bits per heavy atom. The number of ether oxygens (including phenoxy) is 1. The van der Waals surface area contributed by atoms with E-state index in [1.54, 1.807) is 6.92 Å². The van der Waals surface area contributed by atoms with E-state index in [2.05, 4.69) is 71.7 Å². The summed E-state index contributed by atoms with van der Waals surface area (Å²) in [4.78, 5) is 26.8. The second kappa shape index (κ2) is 9.64. The van der Waals surface area contributed by atoms with E-state index in [1.165, 1.54) is 16.7 Å². The third-order valence-electron chi connectivity index (χ3n) is 6.29. The van der Waals surface area contributed by atoms with Gasteiger partial charge in [0, 0.05) is 12.0 Å². The number of likely N-dealkylation sites (tertiary alicyclic amines) is 1. The van der Waals surface area contributed by atoms with Gasteiger partial charge in [0.05, 0.1) is 6.61 Å². The Morgan fingerprint density at radius 1 is 1.03 bits per heavy atom. The molecule has 0 radical (unpaired) electrons. The van der Waals surface area contributed by atoms with Crippen LogP contribution in [-0.2, 0) is 31.6 Å². The summed E-state index contributed by atoms with van der Waals surface area (Å²) in [6.07, 6.45) is 2.45. The van der Waals surface area contributed by atoms with Crippen LogP contribution in [0.15, 0.2) is 18.2 Å². The smallest absolute Gasteiger partial charge is 0.313 e. The van der Waals surface area contributed by atoms with Crippen LogP contribution in [0.4, 0.5) is 0 Å². The monoisotopic (exact) mass is 415 g/mol. The first-order valence-electron chi connectivity index (χ1n) is 11.3. The molecule has 1 saturated heterocycles. The van der Waals surface area contributed by atoms with E-state index in [0.29, 0.717) is 12.6 Å². The summed E-state index contributed by atoms with van der Waals surface area (Å²) >= 11 is 0. The highest BCUT2D eigenvalue weighted by Gasteiger charge is 2.32. The minimum Gasteiger partial charge on any atom is -0.466 e. The topological polar surface area (TPSA) is 46.6 Å². The molecule has 2 atom stereocenters. The molecule has 0 aromatic heterocycles. The molecule has 0 spiro atoms. The molecule has 2 rings (SSSR count). The first kappa shape index (κ1) is 24.6. The SMILES string of the molecule is CCOC(=O)CC(=O)[C@H]1CCN(C)[C@H](Cc2cc(C(C)(C)C)cc(C(C)(C)C)c2)C1. The summed E-state index contributed by atoms with van der Waals surface area (Å²) < 4.78 is 4.97. The highest BCUT2D eigenvalue weighted by Crippen LogP contribution is 2.32. The molecule has 1 aromatic rings. The molecule has 1 aliphatic heterocycles. The Labute approximate surface area is 183 Å². The van der Waals surface area contributed by atoms with Crippen molar-refractivity contribution in [3.8, 4) is 0 Å². The van der Waals surface area contributed by atoms with Crippen molar-refractivity contribution in [1.29, 1.82) is 0 Å². The fourth-order valence-electron chi connectivity index (χ4n) is 4.15. The van der Waals surface area contributed by atoms with Crippen molar-refractivity contribution < 1.29 is 14.3 Å². The Bertz CT molecular complexity index is 722. The first-order valence-corrected chi connectivity index (χ1v) is 11.3. The van der Waals surface area contributed by atoms with Gasteiger partial charge in [0.25, 0.3) is 0 Å². The molecule has 1 aromatic carbocycles. The number of likely N-dealkylation sites (N-methyl/N-ethyl adjacent to an activating group) is 1. The van der Waals surface area contributed by atoms with Crippen LogP contribution in [0.1, 0.15) is 84.4 Å².